The minimum atomic E-state index is -1.04. The molecule has 0 atom stereocenters. The standard InChI is InChI=1S/C29H30O7/c1-4-35-28(30)16-8-20-5-11-23(12-6-20)36-24-14-9-22(10-15-24)27(29(31)32)18-21-7-13-25(33-2)19-26(17-21)34-3/h5-7,9-12,14-15,17-19H,4,8,13,16H2,1-3H3,(H,31,32)/b27-18+. The Morgan fingerprint density at radius 1 is 0.944 bits per heavy atom. The molecule has 0 heterocycles. The first-order valence-electron chi connectivity index (χ1n) is 11.6. The number of carbonyl (C=O) groups is 2. The van der Waals surface area contributed by atoms with Gasteiger partial charge in [-0.25, -0.2) is 4.79 Å². The lowest BCUT2D eigenvalue weighted by molar-refractivity contribution is -0.143. The maximum atomic E-state index is 12.0. The van der Waals surface area contributed by atoms with Crippen LogP contribution in [0.3, 0.4) is 0 Å². The molecule has 1 N–H and O–H groups in total. The average Bonchev–Trinajstić information content (AvgIpc) is 3.09. The molecule has 0 bridgehead atoms. The molecule has 0 fully saturated rings. The molecule has 188 valence electrons. The number of carboxylic acids is 1. The highest BCUT2D eigenvalue weighted by Gasteiger charge is 2.13. The predicted molar refractivity (Wildman–Crippen MR) is 136 cm³/mol. The molecule has 0 radical (unpaired) electrons. The number of aryl methyl sites for hydroxylation is 1. The summed E-state index contributed by atoms with van der Waals surface area (Å²) in [5.41, 5.74) is 2.40. The number of ether oxygens (including phenoxy) is 4. The van der Waals surface area contributed by atoms with E-state index in [-0.39, 0.29) is 11.5 Å². The number of hydrogen-bond donors (Lipinski definition) is 1. The van der Waals surface area contributed by atoms with Crippen LogP contribution >= 0.6 is 0 Å². The molecule has 2 aromatic rings. The van der Waals surface area contributed by atoms with Crippen molar-refractivity contribution >= 4 is 17.5 Å². The Labute approximate surface area is 210 Å². The van der Waals surface area contributed by atoms with Crippen molar-refractivity contribution in [2.45, 2.75) is 26.2 Å². The zero-order valence-corrected chi connectivity index (χ0v) is 20.7. The van der Waals surface area contributed by atoms with E-state index in [0.717, 1.165) is 11.3 Å². The van der Waals surface area contributed by atoms with E-state index < -0.39 is 5.97 Å². The van der Waals surface area contributed by atoms with E-state index >= 15 is 0 Å². The summed E-state index contributed by atoms with van der Waals surface area (Å²) >= 11 is 0. The number of carbonyl (C=O) groups excluding carboxylic acids is 1. The van der Waals surface area contributed by atoms with Crippen LogP contribution in [0.1, 0.15) is 30.9 Å². The van der Waals surface area contributed by atoms with Crippen molar-refractivity contribution in [3.63, 3.8) is 0 Å². The van der Waals surface area contributed by atoms with Crippen LogP contribution in [0.2, 0.25) is 0 Å². The Balaban J connectivity index is 1.70. The number of rotatable bonds is 11. The molecule has 2 aromatic carbocycles. The normalized spacial score (nSPS) is 13.5. The SMILES string of the molecule is CCOC(=O)CCc1ccc(Oc2ccc(/C(=C\C3=CCC(OC)=CC(OC)=C3)C(=O)O)cc2)cc1. The second-order valence-electron chi connectivity index (χ2n) is 7.91. The van der Waals surface area contributed by atoms with Gasteiger partial charge in [0.25, 0.3) is 0 Å². The number of benzene rings is 2. The van der Waals surface area contributed by atoms with E-state index in [0.29, 0.717) is 54.3 Å². The van der Waals surface area contributed by atoms with Crippen LogP contribution < -0.4 is 4.74 Å². The summed E-state index contributed by atoms with van der Waals surface area (Å²) in [4.78, 5) is 23.5. The lowest BCUT2D eigenvalue weighted by Gasteiger charge is -2.09. The molecule has 7 nitrogen and oxygen atoms in total. The number of hydrogen-bond acceptors (Lipinski definition) is 6. The smallest absolute Gasteiger partial charge is 0.336 e. The van der Waals surface area contributed by atoms with Crippen molar-refractivity contribution in [2.24, 2.45) is 0 Å². The van der Waals surface area contributed by atoms with E-state index in [2.05, 4.69) is 0 Å². The summed E-state index contributed by atoms with van der Waals surface area (Å²) in [6, 6.07) is 14.3. The summed E-state index contributed by atoms with van der Waals surface area (Å²) in [5.74, 6) is 1.25. The van der Waals surface area contributed by atoms with E-state index in [9.17, 15) is 14.7 Å². The maximum Gasteiger partial charge on any atom is 0.336 e. The van der Waals surface area contributed by atoms with Gasteiger partial charge in [-0.1, -0.05) is 30.3 Å². The molecule has 3 rings (SSSR count). The Morgan fingerprint density at radius 2 is 1.61 bits per heavy atom. The van der Waals surface area contributed by atoms with E-state index in [1.807, 2.05) is 30.3 Å². The van der Waals surface area contributed by atoms with Crippen molar-refractivity contribution in [1.82, 2.24) is 0 Å². The van der Waals surface area contributed by atoms with Gasteiger partial charge in [-0.2, -0.15) is 0 Å². The van der Waals surface area contributed by atoms with Crippen LogP contribution in [0.25, 0.3) is 5.57 Å². The first kappa shape index (κ1) is 26.3. The molecule has 0 unspecified atom stereocenters. The van der Waals surface area contributed by atoms with Gasteiger partial charge in [-0.15, -0.1) is 0 Å². The largest absolute Gasteiger partial charge is 0.501 e. The van der Waals surface area contributed by atoms with Crippen LogP contribution in [0.4, 0.5) is 0 Å². The monoisotopic (exact) mass is 490 g/mol. The fraction of sp³-hybridized carbons (Fsp3) is 0.241. The summed E-state index contributed by atoms with van der Waals surface area (Å²) in [5, 5.41) is 9.84. The third-order valence-corrected chi connectivity index (χ3v) is 5.44. The third-order valence-electron chi connectivity index (χ3n) is 5.44. The number of methoxy groups -OCH3 is 2. The lowest BCUT2D eigenvalue weighted by Crippen LogP contribution is -2.05. The van der Waals surface area contributed by atoms with Crippen LogP contribution in [-0.4, -0.2) is 37.9 Å². The molecule has 0 saturated heterocycles. The second kappa shape index (κ2) is 13.0. The third kappa shape index (κ3) is 7.63. The molecule has 1 aliphatic rings. The van der Waals surface area contributed by atoms with Gasteiger partial charge in [0.1, 0.15) is 23.0 Å². The number of allylic oxidation sites excluding steroid dienone is 5. The summed E-state index contributed by atoms with van der Waals surface area (Å²) in [7, 11) is 3.14. The maximum absolute atomic E-state index is 12.0. The first-order chi connectivity index (χ1) is 17.4. The average molecular weight is 491 g/mol. The Morgan fingerprint density at radius 3 is 2.19 bits per heavy atom. The molecular formula is C29H30O7. The van der Waals surface area contributed by atoms with Gasteiger partial charge in [-0.3, -0.25) is 4.79 Å². The first-order valence-corrected chi connectivity index (χ1v) is 11.6. The van der Waals surface area contributed by atoms with Crippen molar-refractivity contribution in [2.75, 3.05) is 20.8 Å². The zero-order chi connectivity index (χ0) is 25.9. The van der Waals surface area contributed by atoms with Crippen molar-refractivity contribution < 1.29 is 33.6 Å². The molecule has 0 amide bonds. The molecule has 1 aliphatic carbocycles. The molecule has 36 heavy (non-hydrogen) atoms. The Kier molecular flexibility index (Phi) is 9.51. The highest BCUT2D eigenvalue weighted by Crippen LogP contribution is 2.27. The predicted octanol–water partition coefficient (Wildman–Crippen LogP) is 5.83. The molecule has 0 spiro atoms. The Bertz CT molecular complexity index is 1180. The summed E-state index contributed by atoms with van der Waals surface area (Å²) in [6.45, 7) is 2.17. The van der Waals surface area contributed by atoms with Gasteiger partial charge in [0.15, 0.2) is 0 Å². The number of esters is 1. The van der Waals surface area contributed by atoms with Gasteiger partial charge < -0.3 is 24.1 Å². The molecule has 0 saturated carbocycles. The Hall–Kier alpha value is -4.26. The summed E-state index contributed by atoms with van der Waals surface area (Å²) in [6.07, 6.45) is 8.49. The highest BCUT2D eigenvalue weighted by atomic mass is 16.5. The van der Waals surface area contributed by atoms with Crippen molar-refractivity contribution in [3.05, 3.63) is 101 Å². The van der Waals surface area contributed by atoms with Gasteiger partial charge in [-0.05, 0) is 66.5 Å². The fourth-order valence-corrected chi connectivity index (χ4v) is 3.54. The van der Waals surface area contributed by atoms with E-state index in [1.54, 1.807) is 63.6 Å². The fourth-order valence-electron chi connectivity index (χ4n) is 3.54. The second-order valence-corrected chi connectivity index (χ2v) is 7.91. The lowest BCUT2D eigenvalue weighted by atomic mass is 10.0. The number of carboxylic acid groups (broad SMARTS) is 1. The van der Waals surface area contributed by atoms with Gasteiger partial charge in [0.2, 0.25) is 0 Å². The van der Waals surface area contributed by atoms with E-state index in [4.69, 9.17) is 18.9 Å². The van der Waals surface area contributed by atoms with Crippen LogP contribution in [0.15, 0.2) is 89.9 Å². The van der Waals surface area contributed by atoms with Gasteiger partial charge in [0, 0.05) is 18.9 Å². The summed E-state index contributed by atoms with van der Waals surface area (Å²) < 4.78 is 21.5. The molecular weight excluding hydrogens is 460 g/mol. The van der Waals surface area contributed by atoms with Crippen molar-refractivity contribution in [3.8, 4) is 11.5 Å². The topological polar surface area (TPSA) is 91.3 Å². The van der Waals surface area contributed by atoms with E-state index in [1.165, 1.54) is 0 Å². The highest BCUT2D eigenvalue weighted by molar-refractivity contribution is 6.16. The quantitative estimate of drug-likeness (QED) is 0.313. The zero-order valence-electron chi connectivity index (χ0n) is 20.7. The number of aliphatic carboxylic acids is 1. The van der Waals surface area contributed by atoms with Crippen LogP contribution in [0, 0.1) is 0 Å². The molecule has 0 aromatic heterocycles. The van der Waals surface area contributed by atoms with Crippen molar-refractivity contribution in [1.29, 1.82) is 0 Å². The minimum absolute atomic E-state index is 0.145. The molecule has 0 aliphatic heterocycles. The van der Waals surface area contributed by atoms with Gasteiger partial charge >= 0.3 is 11.9 Å². The van der Waals surface area contributed by atoms with Gasteiger partial charge in [0.05, 0.1) is 26.4 Å². The van der Waals surface area contributed by atoms with Crippen LogP contribution in [-0.2, 0) is 30.2 Å². The molecule has 7 heteroatoms. The minimum Gasteiger partial charge on any atom is -0.501 e. The van der Waals surface area contributed by atoms with Crippen LogP contribution in [0.5, 0.6) is 11.5 Å².